The molecule has 0 saturated heterocycles. The maximum absolute atomic E-state index is 6.20. The van der Waals surface area contributed by atoms with Crippen molar-refractivity contribution in [2.45, 2.75) is 55.5 Å². The van der Waals surface area contributed by atoms with Crippen LogP contribution in [0.2, 0.25) is 3.97 Å². The van der Waals surface area contributed by atoms with E-state index < -0.39 is 14.8 Å². The van der Waals surface area contributed by atoms with Gasteiger partial charge in [-0.3, -0.25) is 0 Å². The molecule has 0 N–H and O–H groups in total. The first-order valence-corrected chi connectivity index (χ1v) is 15.8. The zero-order chi connectivity index (χ0) is 11.3. The molecule has 0 radical (unpaired) electrons. The van der Waals surface area contributed by atoms with Crippen LogP contribution in [0, 0.1) is 0 Å². The molecular formula is C10H19Cl3OTe. The molecule has 1 aliphatic rings. The number of ether oxygens (including phenoxy) is 1. The molecule has 0 aromatic carbocycles. The minimum atomic E-state index is -3.14. The molecular weight excluding hydrogens is 370 g/mol. The van der Waals surface area contributed by atoms with Crippen LogP contribution < -0.4 is 0 Å². The van der Waals surface area contributed by atoms with Gasteiger partial charge in [-0.2, -0.15) is 0 Å². The average Bonchev–Trinajstić information content (AvgIpc) is 2.38. The molecule has 0 unspecified atom stereocenters. The molecule has 1 nitrogen and oxygen atoms in total. The predicted molar refractivity (Wildman–Crippen MR) is 70.2 cm³/mol. The number of hydrogen-bond donors (Lipinski definition) is 0. The van der Waals surface area contributed by atoms with Gasteiger partial charge in [0.2, 0.25) is 0 Å². The van der Waals surface area contributed by atoms with Gasteiger partial charge < -0.3 is 0 Å². The van der Waals surface area contributed by atoms with Crippen LogP contribution in [0.25, 0.3) is 0 Å². The molecule has 5 heteroatoms. The molecule has 0 aromatic rings. The van der Waals surface area contributed by atoms with E-state index in [1.165, 1.54) is 19.3 Å². The van der Waals surface area contributed by atoms with E-state index in [4.69, 9.17) is 31.6 Å². The molecule has 92 valence electrons. The van der Waals surface area contributed by atoms with Gasteiger partial charge in [0.1, 0.15) is 0 Å². The quantitative estimate of drug-likeness (QED) is 0.497. The van der Waals surface area contributed by atoms with E-state index in [0.717, 1.165) is 25.9 Å². The second kappa shape index (κ2) is 7.14. The summed E-state index contributed by atoms with van der Waals surface area (Å²) in [6, 6.07) is 0. The molecule has 0 spiro atoms. The van der Waals surface area contributed by atoms with Gasteiger partial charge in [0.15, 0.2) is 0 Å². The molecule has 0 amide bonds. The van der Waals surface area contributed by atoms with Crippen molar-refractivity contribution in [3.05, 3.63) is 0 Å². The van der Waals surface area contributed by atoms with Crippen LogP contribution in [-0.2, 0) is 4.74 Å². The van der Waals surface area contributed by atoms with Crippen molar-refractivity contribution in [2.24, 2.45) is 0 Å². The molecule has 0 aliphatic heterocycles. The SMILES string of the molecule is CCCO[C@@H]1CCCCC[C@H]1[Te](Cl)(Cl)Cl. The molecule has 1 aliphatic carbocycles. The van der Waals surface area contributed by atoms with Crippen LogP contribution in [-0.4, -0.2) is 27.5 Å². The van der Waals surface area contributed by atoms with Gasteiger partial charge >= 0.3 is 109 Å². The first kappa shape index (κ1) is 14.7. The van der Waals surface area contributed by atoms with Gasteiger partial charge in [0, 0.05) is 0 Å². The Bertz CT molecular complexity index is 184. The fourth-order valence-electron chi connectivity index (χ4n) is 2.01. The van der Waals surface area contributed by atoms with Crippen LogP contribution in [0.5, 0.6) is 0 Å². The molecule has 0 heterocycles. The Morgan fingerprint density at radius 1 is 1.13 bits per heavy atom. The number of rotatable bonds is 4. The summed E-state index contributed by atoms with van der Waals surface area (Å²) >= 11 is -3.14. The van der Waals surface area contributed by atoms with E-state index in [0.29, 0.717) is 0 Å². The number of halogens is 3. The van der Waals surface area contributed by atoms with Crippen LogP contribution >= 0.6 is 26.9 Å². The van der Waals surface area contributed by atoms with Crippen molar-refractivity contribution in [1.29, 1.82) is 0 Å². The Labute approximate surface area is 108 Å². The van der Waals surface area contributed by atoms with E-state index in [1.807, 2.05) is 0 Å². The number of hydrogen-bond acceptors (Lipinski definition) is 1. The topological polar surface area (TPSA) is 9.23 Å². The van der Waals surface area contributed by atoms with Crippen molar-refractivity contribution in [2.75, 3.05) is 6.61 Å². The summed E-state index contributed by atoms with van der Waals surface area (Å²) in [7, 11) is 18.6. The molecule has 1 saturated carbocycles. The monoisotopic (exact) mass is 390 g/mol. The van der Waals surface area contributed by atoms with E-state index in [9.17, 15) is 0 Å². The van der Waals surface area contributed by atoms with Crippen molar-refractivity contribution in [1.82, 2.24) is 0 Å². The summed E-state index contributed by atoms with van der Waals surface area (Å²) in [5.74, 6) is 0. The third kappa shape index (κ3) is 5.19. The first-order valence-electron chi connectivity index (χ1n) is 5.58. The Hall–Kier alpha value is 1.62. The molecule has 0 bridgehead atoms. The summed E-state index contributed by atoms with van der Waals surface area (Å²) in [4.78, 5) is 0. The summed E-state index contributed by atoms with van der Waals surface area (Å²) in [6.07, 6.45) is 7.03. The third-order valence-corrected chi connectivity index (χ3v) is 10.9. The zero-order valence-corrected chi connectivity index (χ0v) is 13.7. The van der Waals surface area contributed by atoms with Gasteiger partial charge in [0.25, 0.3) is 0 Å². The summed E-state index contributed by atoms with van der Waals surface area (Å²) < 4.78 is 6.09. The maximum atomic E-state index is 6.20. The third-order valence-electron chi connectivity index (χ3n) is 2.77. The fourth-order valence-corrected chi connectivity index (χ4v) is 8.94. The van der Waals surface area contributed by atoms with Gasteiger partial charge in [-0.25, -0.2) is 0 Å². The summed E-state index contributed by atoms with van der Waals surface area (Å²) in [5, 5.41) is 0. The van der Waals surface area contributed by atoms with E-state index >= 15 is 0 Å². The summed E-state index contributed by atoms with van der Waals surface area (Å²) in [5.41, 5.74) is 0. The van der Waals surface area contributed by atoms with Gasteiger partial charge in [0.05, 0.1) is 0 Å². The Morgan fingerprint density at radius 3 is 2.40 bits per heavy atom. The van der Waals surface area contributed by atoms with Crippen LogP contribution in [0.4, 0.5) is 0 Å². The second-order valence-electron chi connectivity index (χ2n) is 4.03. The van der Waals surface area contributed by atoms with E-state index in [1.54, 1.807) is 0 Å². The van der Waals surface area contributed by atoms with Crippen molar-refractivity contribution < 1.29 is 4.74 Å². The molecule has 1 fully saturated rings. The van der Waals surface area contributed by atoms with Gasteiger partial charge in [-0.05, 0) is 0 Å². The fraction of sp³-hybridized carbons (Fsp3) is 1.00. The normalized spacial score (nSPS) is 29.9. The van der Waals surface area contributed by atoms with E-state index in [2.05, 4.69) is 6.92 Å². The van der Waals surface area contributed by atoms with E-state index in [-0.39, 0.29) is 10.1 Å². The van der Waals surface area contributed by atoms with Gasteiger partial charge in [-0.15, -0.1) is 0 Å². The van der Waals surface area contributed by atoms with Crippen LogP contribution in [0.3, 0.4) is 0 Å². The standard InChI is InChI=1S/C10H19Cl3OTe/c1-2-8-14-9-6-4-3-5-7-10(9)15(11,12)13/h9-10H,2-8H2,1H3/t9-,10-/m1/s1. The zero-order valence-electron chi connectivity index (χ0n) is 9.05. The summed E-state index contributed by atoms with van der Waals surface area (Å²) in [6.45, 7) is 2.91. The Morgan fingerprint density at radius 2 is 1.80 bits per heavy atom. The first-order chi connectivity index (χ1) is 7.05. The Kier molecular flexibility index (Phi) is 6.99. The van der Waals surface area contributed by atoms with Crippen LogP contribution in [0.1, 0.15) is 45.4 Å². The minimum absolute atomic E-state index is 0.209. The van der Waals surface area contributed by atoms with Crippen molar-refractivity contribution >= 4 is 41.7 Å². The average molecular weight is 389 g/mol. The van der Waals surface area contributed by atoms with Gasteiger partial charge in [-0.1, -0.05) is 0 Å². The molecule has 15 heavy (non-hydrogen) atoms. The van der Waals surface area contributed by atoms with Crippen molar-refractivity contribution in [3.8, 4) is 0 Å². The molecule has 0 aromatic heterocycles. The Balaban J connectivity index is 2.59. The van der Waals surface area contributed by atoms with Crippen molar-refractivity contribution in [3.63, 3.8) is 0 Å². The van der Waals surface area contributed by atoms with Crippen LogP contribution in [0.15, 0.2) is 0 Å². The molecule has 2 atom stereocenters. The predicted octanol–water partition coefficient (Wildman–Crippen LogP) is 4.77. The molecule has 1 rings (SSSR count). The second-order valence-corrected chi connectivity index (χ2v) is 21.3.